The molecule has 4 amide bonds. The Kier molecular flexibility index (Phi) is 12.6. The summed E-state index contributed by atoms with van der Waals surface area (Å²) >= 11 is 0. The SMILES string of the molecule is COc1ccc(CC(NC(=O)OCc2ccccc2)C(=O)N2CCN(CC(=O)O)C(=O)C2CCCNC(=O)OC(C)(C)C)cc1. The van der Waals surface area contributed by atoms with Crippen LogP contribution in [0.15, 0.2) is 54.6 Å². The molecule has 3 rings (SSSR count). The van der Waals surface area contributed by atoms with Crippen LogP contribution < -0.4 is 15.4 Å². The zero-order valence-electron chi connectivity index (χ0n) is 26.1. The minimum absolute atomic E-state index is 0.00422. The van der Waals surface area contributed by atoms with Crippen LogP contribution >= 0.6 is 0 Å². The largest absolute Gasteiger partial charge is 0.497 e. The zero-order valence-corrected chi connectivity index (χ0v) is 26.1. The van der Waals surface area contributed by atoms with Crippen LogP contribution in [-0.4, -0.2) is 95.9 Å². The first-order chi connectivity index (χ1) is 21.4. The van der Waals surface area contributed by atoms with Crippen LogP contribution in [0.3, 0.4) is 0 Å². The predicted octanol–water partition coefficient (Wildman–Crippen LogP) is 2.96. The maximum atomic E-state index is 14.1. The fraction of sp³-hybridized carbons (Fsp3) is 0.469. The molecule has 244 valence electrons. The average molecular weight is 627 g/mol. The molecule has 2 atom stereocenters. The molecule has 1 aliphatic heterocycles. The van der Waals surface area contributed by atoms with E-state index < -0.39 is 54.2 Å². The van der Waals surface area contributed by atoms with Gasteiger partial charge in [0.05, 0.1) is 7.11 Å². The Morgan fingerprint density at radius 1 is 0.978 bits per heavy atom. The van der Waals surface area contributed by atoms with E-state index in [1.54, 1.807) is 57.2 Å². The number of carbonyl (C=O) groups excluding carboxylic acids is 4. The lowest BCUT2D eigenvalue weighted by atomic mass is 10.00. The van der Waals surface area contributed by atoms with E-state index in [9.17, 15) is 29.1 Å². The van der Waals surface area contributed by atoms with Crippen molar-refractivity contribution in [3.8, 4) is 5.75 Å². The van der Waals surface area contributed by atoms with Crippen LogP contribution in [0.1, 0.15) is 44.7 Å². The highest BCUT2D eigenvalue weighted by atomic mass is 16.6. The van der Waals surface area contributed by atoms with E-state index in [2.05, 4.69) is 10.6 Å². The summed E-state index contributed by atoms with van der Waals surface area (Å²) in [4.78, 5) is 66.5. The highest BCUT2D eigenvalue weighted by molar-refractivity contribution is 5.93. The van der Waals surface area contributed by atoms with E-state index in [-0.39, 0.29) is 39.1 Å². The molecule has 0 aliphatic carbocycles. The molecule has 0 spiro atoms. The van der Waals surface area contributed by atoms with Crippen molar-refractivity contribution >= 4 is 30.0 Å². The van der Waals surface area contributed by atoms with Crippen LogP contribution in [0, 0.1) is 0 Å². The van der Waals surface area contributed by atoms with Gasteiger partial charge in [0.15, 0.2) is 0 Å². The van der Waals surface area contributed by atoms with Crippen molar-refractivity contribution in [2.24, 2.45) is 0 Å². The van der Waals surface area contributed by atoms with Crippen LogP contribution in [0.25, 0.3) is 0 Å². The molecule has 1 fully saturated rings. The highest BCUT2D eigenvalue weighted by Gasteiger charge is 2.40. The molecular formula is C32H42N4O9. The Bertz CT molecular complexity index is 1310. The van der Waals surface area contributed by atoms with Gasteiger partial charge < -0.3 is 39.8 Å². The summed E-state index contributed by atoms with van der Waals surface area (Å²) in [6.07, 6.45) is -0.879. The monoisotopic (exact) mass is 626 g/mol. The number of hydrogen-bond acceptors (Lipinski definition) is 8. The summed E-state index contributed by atoms with van der Waals surface area (Å²) in [5.74, 6) is -1.59. The number of amides is 4. The third-order valence-corrected chi connectivity index (χ3v) is 6.92. The van der Waals surface area contributed by atoms with Gasteiger partial charge in [-0.25, -0.2) is 9.59 Å². The van der Waals surface area contributed by atoms with E-state index >= 15 is 0 Å². The lowest BCUT2D eigenvalue weighted by Gasteiger charge is -2.41. The van der Waals surface area contributed by atoms with Gasteiger partial charge >= 0.3 is 18.2 Å². The summed E-state index contributed by atoms with van der Waals surface area (Å²) in [5, 5.41) is 14.6. The highest BCUT2D eigenvalue weighted by Crippen LogP contribution is 2.20. The van der Waals surface area contributed by atoms with Crippen molar-refractivity contribution in [1.29, 1.82) is 0 Å². The van der Waals surface area contributed by atoms with Crippen molar-refractivity contribution in [3.63, 3.8) is 0 Å². The number of carboxylic acids is 1. The molecule has 0 bridgehead atoms. The molecule has 2 aromatic carbocycles. The zero-order chi connectivity index (χ0) is 33.0. The minimum atomic E-state index is -1.17. The van der Waals surface area contributed by atoms with Crippen molar-refractivity contribution in [3.05, 3.63) is 65.7 Å². The number of methoxy groups -OCH3 is 1. The maximum Gasteiger partial charge on any atom is 0.408 e. The number of rotatable bonds is 13. The normalized spacial score (nSPS) is 15.6. The lowest BCUT2D eigenvalue weighted by Crippen LogP contribution is -2.63. The number of piperazine rings is 1. The van der Waals surface area contributed by atoms with Gasteiger partial charge in [-0.2, -0.15) is 0 Å². The molecule has 2 aromatic rings. The first-order valence-electron chi connectivity index (χ1n) is 14.7. The maximum absolute atomic E-state index is 14.1. The van der Waals surface area contributed by atoms with E-state index in [0.717, 1.165) is 11.1 Å². The molecule has 1 saturated heterocycles. The average Bonchev–Trinajstić information content (AvgIpc) is 2.99. The van der Waals surface area contributed by atoms with E-state index in [4.69, 9.17) is 14.2 Å². The molecule has 0 radical (unpaired) electrons. The number of nitrogens with one attached hydrogen (secondary N) is 2. The van der Waals surface area contributed by atoms with Gasteiger partial charge in [-0.05, 0) is 56.9 Å². The quantitative estimate of drug-likeness (QED) is 0.284. The molecular weight excluding hydrogens is 584 g/mol. The first-order valence-corrected chi connectivity index (χ1v) is 14.7. The number of hydrogen-bond donors (Lipinski definition) is 3. The molecule has 13 heteroatoms. The molecule has 13 nitrogen and oxygen atoms in total. The molecule has 45 heavy (non-hydrogen) atoms. The molecule has 0 saturated carbocycles. The fourth-order valence-electron chi connectivity index (χ4n) is 4.81. The van der Waals surface area contributed by atoms with Crippen molar-refractivity contribution < 1.29 is 43.3 Å². The second-order valence-electron chi connectivity index (χ2n) is 11.6. The second kappa shape index (κ2) is 16.3. The summed E-state index contributed by atoms with van der Waals surface area (Å²) in [7, 11) is 1.54. The van der Waals surface area contributed by atoms with E-state index in [1.165, 1.54) is 16.9 Å². The van der Waals surface area contributed by atoms with Gasteiger partial charge in [0.25, 0.3) is 0 Å². The van der Waals surface area contributed by atoms with Gasteiger partial charge in [0.1, 0.15) is 36.6 Å². The Morgan fingerprint density at radius 2 is 1.67 bits per heavy atom. The number of nitrogens with zero attached hydrogens (tertiary/aromatic N) is 2. The van der Waals surface area contributed by atoms with Crippen LogP contribution in [0.5, 0.6) is 5.75 Å². The number of aliphatic carboxylic acids is 1. The summed E-state index contributed by atoms with van der Waals surface area (Å²) in [5.41, 5.74) is 0.815. The molecule has 1 heterocycles. The van der Waals surface area contributed by atoms with Gasteiger partial charge in [-0.3, -0.25) is 14.4 Å². The van der Waals surface area contributed by atoms with Crippen molar-refractivity contribution in [2.75, 3.05) is 33.3 Å². The molecule has 3 N–H and O–H groups in total. The Morgan fingerprint density at radius 3 is 2.29 bits per heavy atom. The van der Waals surface area contributed by atoms with E-state index in [1.807, 2.05) is 18.2 Å². The van der Waals surface area contributed by atoms with E-state index in [0.29, 0.717) is 12.2 Å². The molecule has 2 unspecified atom stereocenters. The number of alkyl carbamates (subject to hydrolysis) is 2. The molecule has 0 aromatic heterocycles. The number of benzene rings is 2. The fourth-order valence-corrected chi connectivity index (χ4v) is 4.81. The number of carbonyl (C=O) groups is 5. The third-order valence-electron chi connectivity index (χ3n) is 6.92. The Labute approximate surface area is 262 Å². The smallest absolute Gasteiger partial charge is 0.408 e. The third kappa shape index (κ3) is 11.3. The number of ether oxygens (including phenoxy) is 3. The Hall–Kier alpha value is -4.81. The van der Waals surface area contributed by atoms with Gasteiger partial charge in [0.2, 0.25) is 11.8 Å². The summed E-state index contributed by atoms with van der Waals surface area (Å²) in [6.45, 7) is 4.94. The Balaban J connectivity index is 1.78. The summed E-state index contributed by atoms with van der Waals surface area (Å²) < 4.78 is 15.8. The van der Waals surface area contributed by atoms with Gasteiger partial charge in [-0.1, -0.05) is 42.5 Å². The lowest BCUT2D eigenvalue weighted by molar-refractivity contribution is -0.156. The second-order valence-corrected chi connectivity index (χ2v) is 11.6. The van der Waals surface area contributed by atoms with Crippen LogP contribution in [-0.2, 0) is 36.9 Å². The molecule has 1 aliphatic rings. The van der Waals surface area contributed by atoms with Crippen LogP contribution in [0.4, 0.5) is 9.59 Å². The minimum Gasteiger partial charge on any atom is -0.497 e. The topological polar surface area (TPSA) is 164 Å². The van der Waals surface area contributed by atoms with Crippen molar-refractivity contribution in [1.82, 2.24) is 20.4 Å². The first kappa shape index (κ1) is 34.7. The number of carboxylic acid groups (broad SMARTS) is 1. The van der Waals surface area contributed by atoms with Crippen LogP contribution in [0.2, 0.25) is 0 Å². The van der Waals surface area contributed by atoms with Crippen molar-refractivity contribution in [2.45, 2.75) is 64.3 Å². The van der Waals surface area contributed by atoms with Gasteiger partial charge in [0, 0.05) is 26.1 Å². The van der Waals surface area contributed by atoms with Gasteiger partial charge in [-0.15, -0.1) is 0 Å². The standard InChI is InChI=1S/C32H42N4O9/c1-32(2,3)45-30(41)33-16-8-11-26-29(40)35(20-27(37)38)17-18-36(26)28(39)25(19-22-12-14-24(43-4)15-13-22)34-31(42)44-21-23-9-6-5-7-10-23/h5-7,9-10,12-15,25-26H,8,11,16-21H2,1-4H3,(H,33,41)(H,34,42)(H,37,38). The predicted molar refractivity (Wildman–Crippen MR) is 163 cm³/mol. The summed E-state index contributed by atoms with van der Waals surface area (Å²) in [6, 6.07) is 14.0.